The summed E-state index contributed by atoms with van der Waals surface area (Å²) in [7, 11) is 0. The van der Waals surface area contributed by atoms with Crippen LogP contribution in [0.15, 0.2) is 91.0 Å². The fourth-order valence-electron chi connectivity index (χ4n) is 4.19. The van der Waals surface area contributed by atoms with E-state index in [9.17, 15) is 0 Å². The van der Waals surface area contributed by atoms with Gasteiger partial charge >= 0.3 is 0 Å². The lowest BCUT2D eigenvalue weighted by Crippen LogP contribution is -2.43. The van der Waals surface area contributed by atoms with E-state index in [1.807, 2.05) is 0 Å². The highest BCUT2D eigenvalue weighted by atomic mass is 35.5. The predicted octanol–water partition coefficient (Wildman–Crippen LogP) is 5.69. The second-order valence-corrected chi connectivity index (χ2v) is 7.08. The van der Waals surface area contributed by atoms with Crippen LogP contribution in [-0.4, -0.2) is 18.0 Å². The molecule has 1 nitrogen and oxygen atoms in total. The minimum atomic E-state index is 0. The van der Waals surface area contributed by atoms with Crippen LogP contribution in [0.4, 0.5) is 0 Å². The van der Waals surface area contributed by atoms with Gasteiger partial charge in [0.25, 0.3) is 0 Å². The van der Waals surface area contributed by atoms with Crippen molar-refractivity contribution < 1.29 is 0 Å². The van der Waals surface area contributed by atoms with Gasteiger partial charge in [0.2, 0.25) is 0 Å². The van der Waals surface area contributed by atoms with Crippen molar-refractivity contribution in [2.45, 2.75) is 24.8 Å². The Kier molecular flexibility index (Phi) is 6.13. The summed E-state index contributed by atoms with van der Waals surface area (Å²) in [6.07, 6.45) is 2.35. The Morgan fingerprint density at radius 1 is 0.615 bits per heavy atom. The van der Waals surface area contributed by atoms with E-state index in [1.54, 1.807) is 0 Å². The fraction of sp³-hybridized carbons (Fsp3) is 0.250. The molecule has 0 saturated carbocycles. The minimum absolute atomic E-state index is 0. The monoisotopic (exact) mass is 363 g/mol. The summed E-state index contributed by atoms with van der Waals surface area (Å²) in [5.74, 6) is 0. The lowest BCUT2D eigenvalue weighted by atomic mass is 9.68. The molecule has 3 aromatic rings. The zero-order chi connectivity index (χ0) is 17.0. The third kappa shape index (κ3) is 3.85. The van der Waals surface area contributed by atoms with Crippen molar-refractivity contribution in [2.75, 3.05) is 13.1 Å². The van der Waals surface area contributed by atoms with Crippen molar-refractivity contribution >= 4 is 12.4 Å². The number of nitrogens with zero attached hydrogens (tertiary/aromatic N) is 1. The van der Waals surface area contributed by atoms with Crippen LogP contribution in [0.5, 0.6) is 0 Å². The number of piperidine rings is 1. The normalized spacial score (nSPS) is 16.6. The topological polar surface area (TPSA) is 3.24 Å². The second kappa shape index (κ2) is 8.53. The molecule has 0 atom stereocenters. The SMILES string of the molecule is Cl.c1ccc(CN2CCC(c3ccccc3)(c3ccccc3)CC2)cc1. The zero-order valence-corrected chi connectivity index (χ0v) is 15.9. The summed E-state index contributed by atoms with van der Waals surface area (Å²) in [5.41, 5.74) is 4.48. The lowest BCUT2D eigenvalue weighted by molar-refractivity contribution is 0.172. The van der Waals surface area contributed by atoms with Gasteiger partial charge in [-0.3, -0.25) is 4.90 Å². The number of benzene rings is 3. The second-order valence-electron chi connectivity index (χ2n) is 7.08. The molecular formula is C24H26ClN. The largest absolute Gasteiger partial charge is 0.299 e. The molecule has 1 aliphatic rings. The zero-order valence-electron chi connectivity index (χ0n) is 15.1. The van der Waals surface area contributed by atoms with Crippen LogP contribution in [0.1, 0.15) is 29.5 Å². The van der Waals surface area contributed by atoms with Crippen molar-refractivity contribution in [3.63, 3.8) is 0 Å². The van der Waals surface area contributed by atoms with E-state index in [0.29, 0.717) is 0 Å². The summed E-state index contributed by atoms with van der Waals surface area (Å²) in [6.45, 7) is 3.33. The highest BCUT2D eigenvalue weighted by Gasteiger charge is 2.37. The first-order chi connectivity index (χ1) is 12.4. The van der Waals surface area contributed by atoms with Crippen molar-refractivity contribution in [3.05, 3.63) is 108 Å². The van der Waals surface area contributed by atoms with Gasteiger partial charge < -0.3 is 0 Å². The molecule has 0 aliphatic carbocycles. The van der Waals surface area contributed by atoms with Crippen LogP contribution in [0.25, 0.3) is 0 Å². The summed E-state index contributed by atoms with van der Waals surface area (Å²) >= 11 is 0. The molecule has 1 aliphatic heterocycles. The summed E-state index contributed by atoms with van der Waals surface area (Å²) in [4.78, 5) is 2.60. The predicted molar refractivity (Wildman–Crippen MR) is 112 cm³/mol. The number of hydrogen-bond donors (Lipinski definition) is 0. The average Bonchev–Trinajstić information content (AvgIpc) is 2.71. The van der Waals surface area contributed by atoms with Gasteiger partial charge in [0, 0.05) is 12.0 Å². The van der Waals surface area contributed by atoms with Gasteiger partial charge in [-0.2, -0.15) is 0 Å². The van der Waals surface area contributed by atoms with Gasteiger partial charge in [-0.1, -0.05) is 91.0 Å². The average molecular weight is 364 g/mol. The number of likely N-dealkylation sites (tertiary alicyclic amines) is 1. The highest BCUT2D eigenvalue weighted by Crippen LogP contribution is 2.41. The number of hydrogen-bond acceptors (Lipinski definition) is 1. The van der Waals surface area contributed by atoms with Crippen LogP contribution >= 0.6 is 12.4 Å². The molecule has 0 spiro atoms. The number of halogens is 1. The van der Waals surface area contributed by atoms with Crippen LogP contribution in [-0.2, 0) is 12.0 Å². The molecule has 0 amide bonds. The van der Waals surface area contributed by atoms with E-state index in [0.717, 1.165) is 19.6 Å². The Hall–Kier alpha value is -2.09. The molecule has 0 N–H and O–H groups in total. The van der Waals surface area contributed by atoms with E-state index in [-0.39, 0.29) is 17.8 Å². The Balaban J connectivity index is 0.00000196. The Morgan fingerprint density at radius 3 is 1.50 bits per heavy atom. The quantitative estimate of drug-likeness (QED) is 0.575. The Labute approximate surface area is 163 Å². The Bertz CT molecular complexity index is 737. The molecular weight excluding hydrogens is 338 g/mol. The molecule has 4 rings (SSSR count). The minimum Gasteiger partial charge on any atom is -0.299 e. The molecule has 26 heavy (non-hydrogen) atoms. The maximum absolute atomic E-state index is 2.60. The lowest BCUT2D eigenvalue weighted by Gasteiger charge is -2.43. The van der Waals surface area contributed by atoms with Gasteiger partial charge in [-0.15, -0.1) is 12.4 Å². The maximum atomic E-state index is 2.60. The van der Waals surface area contributed by atoms with Crippen molar-refractivity contribution in [1.82, 2.24) is 4.90 Å². The molecule has 134 valence electrons. The summed E-state index contributed by atoms with van der Waals surface area (Å²) in [6, 6.07) is 33.0. The summed E-state index contributed by atoms with van der Waals surface area (Å²) < 4.78 is 0. The third-order valence-corrected chi connectivity index (χ3v) is 5.61. The van der Waals surface area contributed by atoms with Gasteiger partial charge in [0.15, 0.2) is 0 Å². The van der Waals surface area contributed by atoms with Gasteiger partial charge in [0.1, 0.15) is 0 Å². The van der Waals surface area contributed by atoms with E-state index in [4.69, 9.17) is 0 Å². The molecule has 0 aromatic heterocycles. The van der Waals surface area contributed by atoms with Gasteiger partial charge in [0.05, 0.1) is 0 Å². The Morgan fingerprint density at radius 2 is 1.04 bits per heavy atom. The van der Waals surface area contributed by atoms with Crippen molar-refractivity contribution in [2.24, 2.45) is 0 Å². The molecule has 1 saturated heterocycles. The molecule has 2 heteroatoms. The molecule has 0 radical (unpaired) electrons. The first-order valence-electron chi connectivity index (χ1n) is 9.24. The van der Waals surface area contributed by atoms with Gasteiger partial charge in [-0.25, -0.2) is 0 Å². The van der Waals surface area contributed by atoms with Crippen LogP contribution in [0.2, 0.25) is 0 Å². The van der Waals surface area contributed by atoms with Crippen LogP contribution in [0, 0.1) is 0 Å². The van der Waals surface area contributed by atoms with Gasteiger partial charge in [-0.05, 0) is 42.6 Å². The molecule has 1 heterocycles. The molecule has 0 bridgehead atoms. The maximum Gasteiger partial charge on any atom is 0.0233 e. The van der Waals surface area contributed by atoms with Crippen LogP contribution in [0.3, 0.4) is 0 Å². The van der Waals surface area contributed by atoms with E-state index in [2.05, 4.69) is 95.9 Å². The smallest absolute Gasteiger partial charge is 0.0233 e. The first kappa shape index (κ1) is 18.7. The molecule has 0 unspecified atom stereocenters. The standard InChI is InChI=1S/C24H25N.ClH/c1-4-10-21(11-5-1)20-25-18-16-24(17-19-25,22-12-6-2-7-13-22)23-14-8-3-9-15-23;/h1-15H,16-20H2;1H. The van der Waals surface area contributed by atoms with E-state index >= 15 is 0 Å². The molecule has 1 fully saturated rings. The van der Waals surface area contributed by atoms with E-state index < -0.39 is 0 Å². The fourth-order valence-corrected chi connectivity index (χ4v) is 4.19. The van der Waals surface area contributed by atoms with E-state index in [1.165, 1.54) is 29.5 Å². The third-order valence-electron chi connectivity index (χ3n) is 5.61. The highest BCUT2D eigenvalue weighted by molar-refractivity contribution is 5.85. The first-order valence-corrected chi connectivity index (χ1v) is 9.24. The molecule has 3 aromatic carbocycles. The van der Waals surface area contributed by atoms with Crippen molar-refractivity contribution in [1.29, 1.82) is 0 Å². The number of rotatable bonds is 4. The summed E-state index contributed by atoms with van der Waals surface area (Å²) in [5, 5.41) is 0. The van der Waals surface area contributed by atoms with Crippen molar-refractivity contribution in [3.8, 4) is 0 Å². The van der Waals surface area contributed by atoms with Crippen LogP contribution < -0.4 is 0 Å².